The monoisotopic (exact) mass is 360 g/mol. The van der Waals surface area contributed by atoms with E-state index in [0.29, 0.717) is 6.07 Å². The van der Waals surface area contributed by atoms with Gasteiger partial charge < -0.3 is 10.2 Å². The molecule has 0 fully saturated rings. The summed E-state index contributed by atoms with van der Waals surface area (Å²) >= 11 is 3.05. The molecule has 0 amide bonds. The summed E-state index contributed by atoms with van der Waals surface area (Å²) in [6.07, 6.45) is 0. The maximum Gasteiger partial charge on any atom is 0.312 e. The molecule has 0 bridgehead atoms. The number of hydrogen-bond donors (Lipinski definition) is 2. The van der Waals surface area contributed by atoms with Gasteiger partial charge in [-0.15, -0.1) is 0 Å². The van der Waals surface area contributed by atoms with Crippen molar-refractivity contribution in [3.8, 4) is 11.6 Å². The molecule has 0 saturated heterocycles. The Morgan fingerprint density at radius 1 is 1.38 bits per heavy atom. The summed E-state index contributed by atoms with van der Waals surface area (Å²) in [5.41, 5.74) is 1.52. The summed E-state index contributed by atoms with van der Waals surface area (Å²) < 4.78 is 32.2. The number of halogens is 3. The summed E-state index contributed by atoms with van der Waals surface area (Å²) in [7, 11) is 0. The number of nitrogens with one attached hydrogen (secondary N) is 1. The number of aromatic nitrogens is 1. The van der Waals surface area contributed by atoms with Crippen molar-refractivity contribution in [3.63, 3.8) is 0 Å². The van der Waals surface area contributed by atoms with E-state index in [1.165, 1.54) is 18.2 Å². The fourth-order valence-electron chi connectivity index (χ4n) is 1.46. The van der Waals surface area contributed by atoms with Gasteiger partial charge >= 0.3 is 5.69 Å². The van der Waals surface area contributed by atoms with Gasteiger partial charge in [0.05, 0.1) is 9.40 Å². The Morgan fingerprint density at radius 2 is 2.10 bits per heavy atom. The van der Waals surface area contributed by atoms with Crippen molar-refractivity contribution in [1.82, 2.24) is 4.98 Å². The van der Waals surface area contributed by atoms with Gasteiger partial charge in [-0.3, -0.25) is 10.1 Å². The van der Waals surface area contributed by atoms with E-state index >= 15 is 0 Å². The average molecular weight is 361 g/mol. The van der Waals surface area contributed by atoms with Crippen LogP contribution in [0.5, 0.6) is 11.6 Å². The fourth-order valence-corrected chi connectivity index (χ4v) is 1.90. The Bertz CT molecular complexity index is 714. The molecule has 1 aromatic carbocycles. The summed E-state index contributed by atoms with van der Waals surface area (Å²) in [4.78, 5) is 13.7. The number of rotatable bonds is 4. The number of hydrogen-bond acceptors (Lipinski definition) is 6. The number of nitro groups is 1. The molecule has 0 saturated carbocycles. The maximum absolute atomic E-state index is 13.6. The highest BCUT2D eigenvalue weighted by Crippen LogP contribution is 2.38. The van der Waals surface area contributed by atoms with Crippen LogP contribution in [0.15, 0.2) is 28.7 Å². The van der Waals surface area contributed by atoms with Gasteiger partial charge in [0, 0.05) is 12.1 Å². The lowest BCUT2D eigenvalue weighted by atomic mass is 10.3. The van der Waals surface area contributed by atoms with Crippen LogP contribution < -0.4 is 16.0 Å². The summed E-state index contributed by atoms with van der Waals surface area (Å²) in [6.45, 7) is 0. The van der Waals surface area contributed by atoms with Crippen LogP contribution in [0, 0.1) is 21.7 Å². The number of ether oxygens (including phenoxy) is 1. The molecule has 21 heavy (non-hydrogen) atoms. The first-order chi connectivity index (χ1) is 9.93. The van der Waals surface area contributed by atoms with Crippen molar-refractivity contribution in [2.45, 2.75) is 0 Å². The molecule has 0 atom stereocenters. The number of nitrogen functional groups attached to an aromatic ring is 1. The van der Waals surface area contributed by atoms with Crippen molar-refractivity contribution in [2.75, 3.05) is 5.43 Å². The van der Waals surface area contributed by atoms with Crippen molar-refractivity contribution < 1.29 is 18.4 Å². The first-order valence-electron chi connectivity index (χ1n) is 5.37. The molecular weight excluding hydrogens is 354 g/mol. The normalized spacial score (nSPS) is 10.3. The van der Waals surface area contributed by atoms with E-state index in [-0.39, 0.29) is 10.2 Å². The van der Waals surface area contributed by atoms with Crippen molar-refractivity contribution >= 4 is 27.4 Å². The molecule has 0 aliphatic carbocycles. The Kier molecular flexibility index (Phi) is 4.29. The zero-order chi connectivity index (χ0) is 15.6. The second-order valence-corrected chi connectivity index (χ2v) is 4.55. The first kappa shape index (κ1) is 15.1. The number of para-hydroxylation sites is 1. The summed E-state index contributed by atoms with van der Waals surface area (Å²) in [5, 5.41) is 10.9. The largest absolute Gasteiger partial charge is 0.428 e. The lowest BCUT2D eigenvalue weighted by Gasteiger charge is -2.09. The fraction of sp³-hybridized carbons (Fsp3) is 0. The molecule has 3 N–H and O–H groups in total. The van der Waals surface area contributed by atoms with Gasteiger partial charge in [-0.05, 0) is 22.0 Å². The molecule has 2 aromatic rings. The number of hydrazine groups is 1. The third-order valence-electron chi connectivity index (χ3n) is 2.38. The van der Waals surface area contributed by atoms with E-state index in [2.05, 4.69) is 20.9 Å². The van der Waals surface area contributed by atoms with Crippen molar-refractivity contribution in [3.05, 3.63) is 50.5 Å². The Balaban J connectivity index is 2.50. The van der Waals surface area contributed by atoms with E-state index in [1.54, 1.807) is 0 Å². The first-order valence-corrected chi connectivity index (χ1v) is 6.16. The Hall–Kier alpha value is -2.33. The van der Waals surface area contributed by atoms with Crippen LogP contribution in [-0.2, 0) is 0 Å². The minimum atomic E-state index is -1.13. The Morgan fingerprint density at radius 3 is 2.71 bits per heavy atom. The number of benzene rings is 1. The van der Waals surface area contributed by atoms with E-state index in [1.807, 2.05) is 5.43 Å². The van der Waals surface area contributed by atoms with E-state index in [0.717, 1.165) is 0 Å². The minimum absolute atomic E-state index is 0.212. The molecule has 0 radical (unpaired) electrons. The highest BCUT2D eigenvalue weighted by atomic mass is 79.9. The zero-order valence-corrected chi connectivity index (χ0v) is 11.7. The number of pyridine rings is 1. The zero-order valence-electron chi connectivity index (χ0n) is 10.1. The second kappa shape index (κ2) is 5.97. The van der Waals surface area contributed by atoms with Crippen LogP contribution in [0.3, 0.4) is 0 Å². The molecule has 0 spiro atoms. The number of nitrogens with zero attached hydrogens (tertiary/aromatic N) is 2. The topological polar surface area (TPSA) is 103 Å². The van der Waals surface area contributed by atoms with E-state index in [4.69, 9.17) is 10.6 Å². The molecule has 10 heteroatoms. The van der Waals surface area contributed by atoms with Crippen LogP contribution >= 0.6 is 15.9 Å². The highest BCUT2D eigenvalue weighted by molar-refractivity contribution is 9.10. The number of nitrogens with two attached hydrogens (primary N) is 1. The smallest absolute Gasteiger partial charge is 0.312 e. The molecule has 7 nitrogen and oxygen atoms in total. The number of anilines is 1. The van der Waals surface area contributed by atoms with Gasteiger partial charge in [0.25, 0.3) is 5.88 Å². The summed E-state index contributed by atoms with van der Waals surface area (Å²) in [6, 6.07) is 4.55. The molecule has 110 valence electrons. The minimum Gasteiger partial charge on any atom is -0.428 e. The van der Waals surface area contributed by atoms with Gasteiger partial charge in [0.15, 0.2) is 17.5 Å². The molecule has 0 aliphatic rings. The van der Waals surface area contributed by atoms with Gasteiger partial charge in [0.1, 0.15) is 0 Å². The average Bonchev–Trinajstić information content (AvgIpc) is 2.43. The molecule has 0 unspecified atom stereocenters. The molecular formula is C11H7BrF2N4O3. The predicted octanol–water partition coefficient (Wildman–Crippen LogP) is 3.11. The molecule has 0 aliphatic heterocycles. The summed E-state index contributed by atoms with van der Waals surface area (Å²) in [5.74, 6) is 1.50. The van der Waals surface area contributed by atoms with E-state index in [9.17, 15) is 18.9 Å². The van der Waals surface area contributed by atoms with Crippen LogP contribution in [0.25, 0.3) is 0 Å². The van der Waals surface area contributed by atoms with Gasteiger partial charge in [-0.25, -0.2) is 14.6 Å². The van der Waals surface area contributed by atoms with Crippen LogP contribution in [0.1, 0.15) is 0 Å². The highest BCUT2D eigenvalue weighted by Gasteiger charge is 2.22. The van der Waals surface area contributed by atoms with Crippen LogP contribution in [0.2, 0.25) is 0 Å². The molecule has 1 heterocycles. The van der Waals surface area contributed by atoms with E-state index < -0.39 is 33.9 Å². The third-order valence-corrected chi connectivity index (χ3v) is 3.00. The lowest BCUT2D eigenvalue weighted by molar-refractivity contribution is -0.385. The maximum atomic E-state index is 13.6. The number of nitro benzene ring substituents is 1. The van der Waals surface area contributed by atoms with Gasteiger partial charge in [0.2, 0.25) is 5.75 Å². The quantitative estimate of drug-likeness (QED) is 0.493. The second-order valence-electron chi connectivity index (χ2n) is 3.70. The van der Waals surface area contributed by atoms with Crippen LogP contribution in [0.4, 0.5) is 20.3 Å². The van der Waals surface area contributed by atoms with Crippen LogP contribution in [-0.4, -0.2) is 9.91 Å². The third kappa shape index (κ3) is 3.06. The standard InChI is InChI=1S/C11H7BrF2N4O3/c12-5-2-1-3-8(18(19)20)9(5)21-11-7(14)4-6(13)10(16-11)17-15/h1-4H,15H2,(H,16,17). The van der Waals surface area contributed by atoms with Gasteiger partial charge in [-0.2, -0.15) is 4.98 Å². The SMILES string of the molecule is NNc1nc(Oc2c(Br)cccc2[N+](=O)[O-])c(F)cc1F. The van der Waals surface area contributed by atoms with Gasteiger partial charge in [-0.1, -0.05) is 6.07 Å². The lowest BCUT2D eigenvalue weighted by Crippen LogP contribution is -2.11. The predicted molar refractivity (Wildman–Crippen MR) is 72.8 cm³/mol. The molecule has 2 rings (SSSR count). The Labute approximate surface area is 125 Å². The van der Waals surface area contributed by atoms with Crippen molar-refractivity contribution in [2.24, 2.45) is 5.84 Å². The van der Waals surface area contributed by atoms with Crippen molar-refractivity contribution in [1.29, 1.82) is 0 Å². The molecule has 1 aromatic heterocycles.